The summed E-state index contributed by atoms with van der Waals surface area (Å²) in [6.45, 7) is 0. The van der Waals surface area contributed by atoms with Crippen LogP contribution in [0.2, 0.25) is 0 Å². The average molecular weight is 499 g/mol. The van der Waals surface area contributed by atoms with E-state index in [9.17, 15) is 0 Å². The Bertz CT molecular complexity index is 1360. The molecule has 0 unspecified atom stereocenters. The molecule has 3 aromatic heterocycles. The topological polar surface area (TPSA) is 38.7 Å². The Balaban J connectivity index is 1.75. The first-order valence-corrected chi connectivity index (χ1v) is 15.4. The molecule has 0 radical (unpaired) electrons. The molecule has 3 aromatic carbocycles. The summed E-state index contributed by atoms with van der Waals surface area (Å²) in [5.74, 6) is 0. The van der Waals surface area contributed by atoms with Gasteiger partial charge in [0.25, 0.3) is 0 Å². The summed E-state index contributed by atoms with van der Waals surface area (Å²) in [5, 5.41) is 3.55. The summed E-state index contributed by atoms with van der Waals surface area (Å²) < 4.78 is 4.11. The Morgan fingerprint density at radius 2 is 0.710 bits per heavy atom. The molecule has 0 aliphatic carbocycles. The Hall–Kier alpha value is -3.24. The quantitative estimate of drug-likeness (QED) is 0.372. The van der Waals surface area contributed by atoms with Crippen molar-refractivity contribution in [2.45, 2.75) is 0 Å². The zero-order valence-corrected chi connectivity index (χ0v) is 20.1. The third-order valence-electron chi connectivity index (χ3n) is 5.92. The normalized spacial score (nSPS) is 11.2. The zero-order valence-electron chi connectivity index (χ0n) is 16.8. The fourth-order valence-electron chi connectivity index (χ4n) is 4.58. The SMILES string of the molecule is c1cnc2[c]([In]([c]3cccc4cccnc34)[c]3cccc4cccnc34)cccc2c1. The predicted octanol–water partition coefficient (Wildman–Crippen LogP) is 3.85. The van der Waals surface area contributed by atoms with Crippen molar-refractivity contribution in [3.8, 4) is 0 Å². The molecule has 0 aliphatic rings. The van der Waals surface area contributed by atoms with Crippen molar-refractivity contribution in [3.05, 3.63) is 110 Å². The second-order valence-corrected chi connectivity index (χ2v) is 15.5. The molecule has 0 N–H and O–H groups in total. The van der Waals surface area contributed by atoms with Gasteiger partial charge in [0.2, 0.25) is 0 Å². The molecule has 0 bridgehead atoms. The number of rotatable bonds is 3. The van der Waals surface area contributed by atoms with Crippen LogP contribution in [-0.2, 0) is 0 Å². The van der Waals surface area contributed by atoms with Gasteiger partial charge in [0, 0.05) is 0 Å². The Labute approximate surface area is 188 Å². The van der Waals surface area contributed by atoms with Gasteiger partial charge in [-0.05, 0) is 0 Å². The van der Waals surface area contributed by atoms with Crippen LogP contribution in [0.4, 0.5) is 0 Å². The minimum atomic E-state index is -2.92. The number of hydrogen-bond donors (Lipinski definition) is 0. The fourth-order valence-corrected chi connectivity index (χ4v) is 14.5. The summed E-state index contributed by atoms with van der Waals surface area (Å²) in [6.07, 6.45) is 5.70. The van der Waals surface area contributed by atoms with E-state index in [0.717, 1.165) is 16.6 Å². The molecular formula is C27H18InN3. The van der Waals surface area contributed by atoms with Gasteiger partial charge in [-0.25, -0.2) is 0 Å². The van der Waals surface area contributed by atoms with Crippen molar-refractivity contribution in [1.82, 2.24) is 15.0 Å². The van der Waals surface area contributed by atoms with E-state index in [-0.39, 0.29) is 0 Å². The first kappa shape index (κ1) is 18.5. The van der Waals surface area contributed by atoms with Gasteiger partial charge in [-0.15, -0.1) is 0 Å². The molecular weight excluding hydrogens is 481 g/mol. The first-order valence-electron chi connectivity index (χ1n) is 10.4. The molecule has 0 aliphatic heterocycles. The van der Waals surface area contributed by atoms with Gasteiger partial charge in [0.05, 0.1) is 0 Å². The van der Waals surface area contributed by atoms with Gasteiger partial charge in [-0.3, -0.25) is 0 Å². The molecule has 0 saturated carbocycles. The van der Waals surface area contributed by atoms with Crippen LogP contribution in [0.3, 0.4) is 0 Å². The van der Waals surface area contributed by atoms with Gasteiger partial charge in [-0.1, -0.05) is 0 Å². The van der Waals surface area contributed by atoms with Crippen LogP contribution in [-0.4, -0.2) is 36.4 Å². The standard InChI is InChI=1S/3C9H6N.In/c3*1-2-6-9-8(4-1)5-3-7-10-9;/h3*1-5,7H;. The summed E-state index contributed by atoms with van der Waals surface area (Å²) >= 11 is -2.92. The number of benzene rings is 3. The van der Waals surface area contributed by atoms with Crippen LogP contribution in [0.1, 0.15) is 0 Å². The van der Waals surface area contributed by atoms with Gasteiger partial charge < -0.3 is 0 Å². The molecule has 0 saturated heterocycles. The van der Waals surface area contributed by atoms with Crippen molar-refractivity contribution < 1.29 is 0 Å². The molecule has 3 nitrogen and oxygen atoms in total. The first-order chi connectivity index (χ1) is 15.4. The number of aromatic nitrogens is 3. The number of fused-ring (bicyclic) bond motifs is 3. The van der Waals surface area contributed by atoms with Gasteiger partial charge in [0.1, 0.15) is 0 Å². The molecule has 0 amide bonds. The number of para-hydroxylation sites is 3. The number of nitrogens with zero attached hydrogens (tertiary/aromatic N) is 3. The van der Waals surface area contributed by atoms with Crippen LogP contribution in [0.25, 0.3) is 32.7 Å². The second-order valence-electron chi connectivity index (χ2n) is 7.70. The molecule has 144 valence electrons. The molecule has 6 aromatic rings. The van der Waals surface area contributed by atoms with E-state index >= 15 is 0 Å². The Kier molecular flexibility index (Phi) is 4.65. The molecule has 0 spiro atoms. The summed E-state index contributed by atoms with van der Waals surface area (Å²) in [6, 6.07) is 32.3. The van der Waals surface area contributed by atoms with E-state index in [4.69, 9.17) is 15.0 Å². The number of hydrogen-bond acceptors (Lipinski definition) is 3. The molecule has 0 atom stereocenters. The van der Waals surface area contributed by atoms with E-state index < -0.39 is 21.4 Å². The number of pyridine rings is 3. The van der Waals surface area contributed by atoms with Gasteiger partial charge in [0.15, 0.2) is 0 Å². The van der Waals surface area contributed by atoms with E-state index in [1.165, 1.54) is 26.1 Å². The summed E-state index contributed by atoms with van der Waals surface area (Å²) in [4.78, 5) is 14.5. The third-order valence-corrected chi connectivity index (χ3v) is 15.2. The molecule has 31 heavy (non-hydrogen) atoms. The second kappa shape index (κ2) is 7.78. The molecule has 4 heteroatoms. The summed E-state index contributed by atoms with van der Waals surface area (Å²) in [7, 11) is 0. The molecule has 3 heterocycles. The van der Waals surface area contributed by atoms with E-state index in [2.05, 4.69) is 72.8 Å². The third kappa shape index (κ3) is 3.19. The van der Waals surface area contributed by atoms with Crippen LogP contribution in [0.5, 0.6) is 0 Å². The van der Waals surface area contributed by atoms with Crippen molar-refractivity contribution in [3.63, 3.8) is 0 Å². The van der Waals surface area contributed by atoms with Crippen molar-refractivity contribution >= 4 is 64.1 Å². The van der Waals surface area contributed by atoms with E-state index in [0.29, 0.717) is 0 Å². The molecule has 0 fully saturated rings. The van der Waals surface area contributed by atoms with Crippen LogP contribution in [0.15, 0.2) is 110 Å². The summed E-state index contributed by atoms with van der Waals surface area (Å²) in [5.41, 5.74) is 3.31. The van der Waals surface area contributed by atoms with Crippen molar-refractivity contribution in [2.24, 2.45) is 0 Å². The molecule has 6 rings (SSSR count). The predicted molar refractivity (Wildman–Crippen MR) is 130 cm³/mol. The van der Waals surface area contributed by atoms with Crippen molar-refractivity contribution in [2.75, 3.05) is 0 Å². The Morgan fingerprint density at radius 1 is 0.387 bits per heavy atom. The maximum atomic E-state index is 4.82. The average Bonchev–Trinajstić information content (AvgIpc) is 2.85. The van der Waals surface area contributed by atoms with Crippen molar-refractivity contribution in [1.29, 1.82) is 0 Å². The van der Waals surface area contributed by atoms with E-state index in [1.807, 2.05) is 36.8 Å². The maximum absolute atomic E-state index is 4.82. The Morgan fingerprint density at radius 3 is 1.06 bits per heavy atom. The van der Waals surface area contributed by atoms with Gasteiger partial charge >= 0.3 is 189 Å². The van der Waals surface area contributed by atoms with Gasteiger partial charge in [-0.2, -0.15) is 0 Å². The van der Waals surface area contributed by atoms with Crippen LogP contribution < -0.4 is 9.96 Å². The van der Waals surface area contributed by atoms with Crippen LogP contribution in [0, 0.1) is 0 Å². The van der Waals surface area contributed by atoms with E-state index in [1.54, 1.807) is 0 Å². The fraction of sp³-hybridized carbons (Fsp3) is 0. The van der Waals surface area contributed by atoms with Crippen LogP contribution >= 0.6 is 0 Å². The monoisotopic (exact) mass is 499 g/mol. The minimum absolute atomic E-state index is 1.10. The zero-order chi connectivity index (χ0) is 20.6.